The molecule has 6 nitrogen and oxygen atoms in total. The lowest BCUT2D eigenvalue weighted by atomic mass is 10.1. The summed E-state index contributed by atoms with van der Waals surface area (Å²) >= 11 is 1.65. The second-order valence-electron chi connectivity index (χ2n) is 5.66. The van der Waals surface area contributed by atoms with Crippen molar-refractivity contribution in [2.24, 2.45) is 0 Å². The van der Waals surface area contributed by atoms with Gasteiger partial charge >= 0.3 is 11.9 Å². The van der Waals surface area contributed by atoms with E-state index in [2.05, 4.69) is 10.1 Å². The summed E-state index contributed by atoms with van der Waals surface area (Å²) in [5.41, 5.74) is 1.60. The highest BCUT2D eigenvalue weighted by molar-refractivity contribution is 7.09. The van der Waals surface area contributed by atoms with Gasteiger partial charge in [0.2, 0.25) is 0 Å². The van der Waals surface area contributed by atoms with E-state index < -0.39 is 17.8 Å². The van der Waals surface area contributed by atoms with Crippen LogP contribution in [-0.4, -0.2) is 31.6 Å². The molecule has 0 unspecified atom stereocenters. The van der Waals surface area contributed by atoms with Crippen LogP contribution in [0.4, 0.5) is 5.69 Å². The minimum Gasteiger partial charge on any atom is -0.465 e. The minimum absolute atomic E-state index is 0.266. The van der Waals surface area contributed by atoms with Gasteiger partial charge in [0.15, 0.2) is 6.61 Å². The molecule has 1 amide bonds. The largest absolute Gasteiger partial charge is 0.465 e. The molecule has 0 bridgehead atoms. The Balaban J connectivity index is 1.77. The topological polar surface area (TPSA) is 81.7 Å². The van der Waals surface area contributed by atoms with Crippen molar-refractivity contribution < 1.29 is 23.9 Å². The molecule has 0 aliphatic heterocycles. The number of esters is 2. The van der Waals surface area contributed by atoms with Crippen LogP contribution in [0.5, 0.6) is 0 Å². The summed E-state index contributed by atoms with van der Waals surface area (Å²) in [5.74, 6) is -1.35. The molecule has 0 saturated carbocycles. The summed E-state index contributed by atoms with van der Waals surface area (Å²) in [4.78, 5) is 36.5. The third-order valence-corrected chi connectivity index (χ3v) is 4.62. The van der Waals surface area contributed by atoms with Gasteiger partial charge < -0.3 is 14.8 Å². The number of hydrogen-bond acceptors (Lipinski definition) is 6. The number of aryl methyl sites for hydroxylation is 2. The molecule has 2 rings (SSSR count). The van der Waals surface area contributed by atoms with Crippen LogP contribution >= 0.6 is 11.3 Å². The molecule has 1 aromatic carbocycles. The van der Waals surface area contributed by atoms with Crippen molar-refractivity contribution in [3.05, 3.63) is 51.7 Å². The lowest BCUT2D eigenvalue weighted by molar-refractivity contribution is -0.147. The maximum atomic E-state index is 12.0. The highest BCUT2D eigenvalue weighted by Gasteiger charge is 2.12. The lowest BCUT2D eigenvalue weighted by Gasteiger charge is -2.10. The maximum absolute atomic E-state index is 12.0. The fraction of sp³-hybridized carbons (Fsp3) is 0.316. The van der Waals surface area contributed by atoms with E-state index in [1.54, 1.807) is 30.4 Å². The number of hydrogen-bond donors (Lipinski definition) is 1. The lowest BCUT2D eigenvalue weighted by Crippen LogP contribution is -2.21. The molecule has 0 aliphatic carbocycles. The first-order valence-corrected chi connectivity index (χ1v) is 9.04. The average molecular weight is 375 g/mol. The fourth-order valence-electron chi connectivity index (χ4n) is 2.27. The number of nitrogens with one attached hydrogen (secondary N) is 1. The van der Waals surface area contributed by atoms with E-state index in [1.807, 2.05) is 17.5 Å². The first-order chi connectivity index (χ1) is 12.5. The van der Waals surface area contributed by atoms with Crippen molar-refractivity contribution in [1.82, 2.24) is 0 Å². The molecular formula is C19H21NO5S. The molecule has 1 heterocycles. The van der Waals surface area contributed by atoms with Gasteiger partial charge in [-0.25, -0.2) is 4.79 Å². The van der Waals surface area contributed by atoms with E-state index in [4.69, 9.17) is 4.74 Å². The number of rotatable bonds is 8. The molecule has 0 spiro atoms. The number of carbonyl (C=O) groups is 3. The van der Waals surface area contributed by atoms with Crippen molar-refractivity contribution in [2.75, 3.05) is 19.0 Å². The van der Waals surface area contributed by atoms with E-state index in [0.29, 0.717) is 17.7 Å². The molecular weight excluding hydrogens is 354 g/mol. The molecule has 0 saturated heterocycles. The molecule has 26 heavy (non-hydrogen) atoms. The molecule has 1 aromatic heterocycles. The maximum Gasteiger partial charge on any atom is 0.337 e. The monoisotopic (exact) mass is 375 g/mol. The highest BCUT2D eigenvalue weighted by Crippen LogP contribution is 2.17. The van der Waals surface area contributed by atoms with E-state index in [1.165, 1.54) is 18.1 Å². The molecule has 0 atom stereocenters. The minimum atomic E-state index is -0.488. The predicted molar refractivity (Wildman–Crippen MR) is 99.4 cm³/mol. The van der Waals surface area contributed by atoms with Gasteiger partial charge in [0.25, 0.3) is 5.91 Å². The van der Waals surface area contributed by atoms with Gasteiger partial charge in [-0.05, 0) is 48.9 Å². The molecule has 138 valence electrons. The average Bonchev–Trinajstić information content (AvgIpc) is 3.14. The Labute approximate surface area is 156 Å². The third kappa shape index (κ3) is 6.00. The number of methoxy groups -OCH3 is 1. The molecule has 2 aromatic rings. The predicted octanol–water partition coefficient (Wildman–Crippen LogP) is 3.35. The Morgan fingerprint density at radius 1 is 1.19 bits per heavy atom. The van der Waals surface area contributed by atoms with Crippen LogP contribution in [0.3, 0.4) is 0 Å². The first kappa shape index (κ1) is 19.7. The smallest absolute Gasteiger partial charge is 0.337 e. The molecule has 0 radical (unpaired) electrons. The summed E-state index contributed by atoms with van der Waals surface area (Å²) in [6.07, 6.45) is 1.77. The van der Waals surface area contributed by atoms with Crippen molar-refractivity contribution in [3.63, 3.8) is 0 Å². The second kappa shape index (κ2) is 9.72. The van der Waals surface area contributed by atoms with Gasteiger partial charge in [-0.2, -0.15) is 0 Å². The fourth-order valence-corrected chi connectivity index (χ4v) is 3.02. The Morgan fingerprint density at radius 2 is 2.00 bits per heavy atom. The number of anilines is 1. The van der Waals surface area contributed by atoms with Gasteiger partial charge in [-0.15, -0.1) is 11.3 Å². The van der Waals surface area contributed by atoms with Crippen LogP contribution in [0.15, 0.2) is 35.7 Å². The van der Waals surface area contributed by atoms with E-state index in [-0.39, 0.29) is 13.0 Å². The third-order valence-electron chi connectivity index (χ3n) is 3.68. The quantitative estimate of drug-likeness (QED) is 0.716. The zero-order chi connectivity index (χ0) is 18.9. The Kier molecular flexibility index (Phi) is 7.35. The Bertz CT molecular complexity index is 770. The van der Waals surface area contributed by atoms with Crippen LogP contribution in [0.1, 0.15) is 33.6 Å². The second-order valence-corrected chi connectivity index (χ2v) is 6.70. The molecule has 7 heteroatoms. The number of ether oxygens (including phenoxy) is 2. The van der Waals surface area contributed by atoms with E-state index >= 15 is 0 Å². The number of thiophene rings is 1. The van der Waals surface area contributed by atoms with Gasteiger partial charge in [0.1, 0.15) is 0 Å². The van der Waals surface area contributed by atoms with Crippen molar-refractivity contribution in [3.8, 4) is 0 Å². The van der Waals surface area contributed by atoms with Gasteiger partial charge in [0.05, 0.1) is 12.7 Å². The standard InChI is InChI=1S/C19H21NO5S/c1-13-8-9-14(19(23)24-2)11-16(13)20-17(21)12-25-18(22)7-3-5-15-6-4-10-26-15/h4,6,8-11H,3,5,7,12H2,1-2H3,(H,20,21). The highest BCUT2D eigenvalue weighted by atomic mass is 32.1. The zero-order valence-corrected chi connectivity index (χ0v) is 15.6. The number of carbonyl (C=O) groups excluding carboxylic acids is 3. The zero-order valence-electron chi connectivity index (χ0n) is 14.7. The summed E-state index contributed by atoms with van der Waals surface area (Å²) in [7, 11) is 1.29. The van der Waals surface area contributed by atoms with Crippen LogP contribution < -0.4 is 5.32 Å². The normalized spacial score (nSPS) is 10.2. The molecule has 1 N–H and O–H groups in total. The summed E-state index contributed by atoms with van der Waals surface area (Å²) in [5, 5.41) is 4.64. The summed E-state index contributed by atoms with van der Waals surface area (Å²) < 4.78 is 9.65. The van der Waals surface area contributed by atoms with Crippen LogP contribution in [0, 0.1) is 6.92 Å². The Morgan fingerprint density at radius 3 is 2.69 bits per heavy atom. The van der Waals surface area contributed by atoms with E-state index in [0.717, 1.165) is 12.0 Å². The number of benzene rings is 1. The van der Waals surface area contributed by atoms with Gasteiger partial charge in [-0.3, -0.25) is 9.59 Å². The number of amides is 1. The van der Waals surface area contributed by atoms with E-state index in [9.17, 15) is 14.4 Å². The summed E-state index contributed by atoms with van der Waals surface area (Å²) in [6, 6.07) is 8.85. The van der Waals surface area contributed by atoms with Crippen LogP contribution in [0.25, 0.3) is 0 Å². The van der Waals surface area contributed by atoms with Crippen LogP contribution in [0.2, 0.25) is 0 Å². The van der Waals surface area contributed by atoms with Crippen molar-refractivity contribution >= 4 is 34.9 Å². The van der Waals surface area contributed by atoms with Crippen molar-refractivity contribution in [2.45, 2.75) is 26.2 Å². The van der Waals surface area contributed by atoms with Crippen LogP contribution in [-0.2, 0) is 25.5 Å². The first-order valence-electron chi connectivity index (χ1n) is 8.16. The molecule has 0 fully saturated rings. The van der Waals surface area contributed by atoms with Gasteiger partial charge in [-0.1, -0.05) is 12.1 Å². The summed E-state index contributed by atoms with van der Waals surface area (Å²) in [6.45, 7) is 1.44. The Hall–Kier alpha value is -2.67. The van der Waals surface area contributed by atoms with Crippen molar-refractivity contribution in [1.29, 1.82) is 0 Å². The SMILES string of the molecule is COC(=O)c1ccc(C)c(NC(=O)COC(=O)CCCc2cccs2)c1. The molecule has 0 aliphatic rings. The van der Waals surface area contributed by atoms with Gasteiger partial charge in [0, 0.05) is 17.0 Å².